The molecular weight excluding hydrogens is 366 g/mol. The molecule has 8 nitrogen and oxygen atoms in total. The Labute approximate surface area is 160 Å². The van der Waals surface area contributed by atoms with E-state index >= 15 is 0 Å². The van der Waals surface area contributed by atoms with Crippen molar-refractivity contribution in [2.75, 3.05) is 43.0 Å². The van der Waals surface area contributed by atoms with E-state index in [1.54, 1.807) is 4.68 Å². The van der Waals surface area contributed by atoms with E-state index in [9.17, 15) is 13.2 Å². The molecule has 1 amide bonds. The van der Waals surface area contributed by atoms with Gasteiger partial charge >= 0.3 is 0 Å². The number of piperidine rings is 2. The number of carbonyl (C=O) groups is 1. The number of rotatable bonds is 4. The average Bonchev–Trinajstić information content (AvgIpc) is 3.16. The van der Waals surface area contributed by atoms with Gasteiger partial charge in [-0.3, -0.25) is 9.69 Å². The lowest BCUT2D eigenvalue weighted by Gasteiger charge is -2.41. The predicted octanol–water partition coefficient (Wildman–Crippen LogP) is 0.564. The minimum absolute atomic E-state index is 0.0563. The molecular formula is C18H29N5O3S. The number of likely N-dealkylation sites (tertiary alicyclic amines) is 1. The zero-order valence-electron chi connectivity index (χ0n) is 15.9. The summed E-state index contributed by atoms with van der Waals surface area (Å²) in [6.07, 6.45) is 4.09. The van der Waals surface area contributed by atoms with E-state index in [0.29, 0.717) is 30.7 Å². The highest BCUT2D eigenvalue weighted by Crippen LogP contribution is 2.27. The Hall–Kier alpha value is -1.45. The van der Waals surface area contributed by atoms with Crippen molar-refractivity contribution >= 4 is 21.6 Å². The van der Waals surface area contributed by atoms with Crippen LogP contribution in [0.15, 0.2) is 6.07 Å². The van der Waals surface area contributed by atoms with Crippen molar-refractivity contribution in [3.05, 3.63) is 11.8 Å². The highest BCUT2D eigenvalue weighted by atomic mass is 32.2. The molecule has 1 aromatic rings. The summed E-state index contributed by atoms with van der Waals surface area (Å²) in [6, 6.07) is 2.23. The van der Waals surface area contributed by atoms with E-state index in [1.165, 1.54) is 12.8 Å². The van der Waals surface area contributed by atoms with Crippen LogP contribution in [-0.2, 0) is 14.6 Å². The van der Waals surface area contributed by atoms with E-state index in [2.05, 4.69) is 20.6 Å². The molecule has 0 spiro atoms. The summed E-state index contributed by atoms with van der Waals surface area (Å²) < 4.78 is 25.3. The van der Waals surface area contributed by atoms with Crippen molar-refractivity contribution in [3.63, 3.8) is 0 Å². The monoisotopic (exact) mass is 395 g/mol. The second-order valence-corrected chi connectivity index (χ2v) is 10.4. The van der Waals surface area contributed by atoms with Crippen LogP contribution in [0.3, 0.4) is 0 Å². The van der Waals surface area contributed by atoms with Crippen LogP contribution in [0, 0.1) is 12.8 Å². The number of anilines is 1. The van der Waals surface area contributed by atoms with Gasteiger partial charge in [0, 0.05) is 25.2 Å². The van der Waals surface area contributed by atoms with Crippen LogP contribution in [0.1, 0.15) is 37.4 Å². The standard InChI is InChI=1S/C18H29N5O3S/c1-13-9-17(23(21-13)15-5-8-27(25,26)12-15)20-18(24)11-22-7-4-16-14(10-22)3-2-6-19-16/h9,14-16,19H,2-8,10-12H2,1H3,(H,20,24). The maximum atomic E-state index is 12.6. The van der Waals surface area contributed by atoms with Gasteiger partial charge in [0.25, 0.3) is 0 Å². The summed E-state index contributed by atoms with van der Waals surface area (Å²) in [7, 11) is -3.00. The van der Waals surface area contributed by atoms with Crippen LogP contribution in [0.25, 0.3) is 0 Å². The number of nitrogens with zero attached hydrogens (tertiary/aromatic N) is 3. The van der Waals surface area contributed by atoms with Crippen molar-refractivity contribution in [1.82, 2.24) is 20.0 Å². The maximum Gasteiger partial charge on any atom is 0.239 e. The molecule has 1 aromatic heterocycles. The fraction of sp³-hybridized carbons (Fsp3) is 0.778. The second kappa shape index (κ2) is 7.52. The molecule has 9 heteroatoms. The summed E-state index contributed by atoms with van der Waals surface area (Å²) in [5.41, 5.74) is 0.781. The molecule has 0 saturated carbocycles. The molecule has 3 aliphatic rings. The van der Waals surface area contributed by atoms with Gasteiger partial charge in [-0.25, -0.2) is 13.1 Å². The normalized spacial score (nSPS) is 30.8. The fourth-order valence-electron chi connectivity index (χ4n) is 4.71. The number of amides is 1. The van der Waals surface area contributed by atoms with Crippen molar-refractivity contribution in [1.29, 1.82) is 0 Å². The zero-order valence-corrected chi connectivity index (χ0v) is 16.7. The first kappa shape index (κ1) is 18.9. The van der Waals surface area contributed by atoms with E-state index in [0.717, 1.165) is 31.7 Å². The van der Waals surface area contributed by atoms with Crippen molar-refractivity contribution in [3.8, 4) is 0 Å². The quantitative estimate of drug-likeness (QED) is 0.774. The SMILES string of the molecule is Cc1cc(NC(=O)CN2CCC3NCCCC3C2)n(C2CCS(=O)(=O)C2)n1. The fourth-order valence-corrected chi connectivity index (χ4v) is 6.40. The third-order valence-electron chi connectivity index (χ3n) is 6.02. The van der Waals surface area contributed by atoms with Crippen LogP contribution < -0.4 is 10.6 Å². The summed E-state index contributed by atoms with van der Waals surface area (Å²) in [6.45, 7) is 5.24. The highest BCUT2D eigenvalue weighted by Gasteiger charge is 2.33. The Kier molecular flexibility index (Phi) is 5.26. The number of hydrogen-bond acceptors (Lipinski definition) is 6. The number of aromatic nitrogens is 2. The minimum Gasteiger partial charge on any atom is -0.314 e. The van der Waals surface area contributed by atoms with Gasteiger partial charge in [-0.15, -0.1) is 0 Å². The van der Waals surface area contributed by atoms with E-state index < -0.39 is 9.84 Å². The number of fused-ring (bicyclic) bond motifs is 1. The van der Waals surface area contributed by atoms with Crippen molar-refractivity contribution < 1.29 is 13.2 Å². The first-order chi connectivity index (χ1) is 12.9. The molecule has 2 N–H and O–H groups in total. The van der Waals surface area contributed by atoms with Crippen LogP contribution in [0.4, 0.5) is 5.82 Å². The Morgan fingerprint density at radius 2 is 2.22 bits per heavy atom. The van der Waals surface area contributed by atoms with Gasteiger partial charge in [0.2, 0.25) is 5.91 Å². The van der Waals surface area contributed by atoms with Gasteiger partial charge in [-0.05, 0) is 45.1 Å². The molecule has 3 atom stereocenters. The smallest absolute Gasteiger partial charge is 0.239 e. The molecule has 0 aromatic carbocycles. The van der Waals surface area contributed by atoms with E-state index in [4.69, 9.17) is 0 Å². The number of aryl methyl sites for hydroxylation is 1. The summed E-state index contributed by atoms with van der Waals surface area (Å²) in [4.78, 5) is 14.8. The van der Waals surface area contributed by atoms with Gasteiger partial charge in [0.05, 0.1) is 29.8 Å². The Morgan fingerprint density at radius 3 is 3.00 bits per heavy atom. The minimum atomic E-state index is -3.00. The Balaban J connectivity index is 1.37. The first-order valence-corrected chi connectivity index (χ1v) is 11.7. The molecule has 0 aliphatic carbocycles. The third kappa shape index (κ3) is 4.35. The van der Waals surface area contributed by atoms with E-state index in [1.807, 2.05) is 13.0 Å². The molecule has 3 fully saturated rings. The summed E-state index contributed by atoms with van der Waals surface area (Å²) in [5.74, 6) is 1.47. The molecule has 150 valence electrons. The molecule has 0 bridgehead atoms. The topological polar surface area (TPSA) is 96.3 Å². The average molecular weight is 396 g/mol. The highest BCUT2D eigenvalue weighted by molar-refractivity contribution is 7.91. The van der Waals surface area contributed by atoms with Crippen LogP contribution in [0.2, 0.25) is 0 Å². The lowest BCUT2D eigenvalue weighted by molar-refractivity contribution is -0.118. The number of carbonyl (C=O) groups excluding carboxylic acids is 1. The second-order valence-electron chi connectivity index (χ2n) is 8.21. The molecule has 4 heterocycles. The number of sulfone groups is 1. The van der Waals surface area contributed by atoms with Gasteiger partial charge < -0.3 is 10.6 Å². The Bertz CT molecular complexity index is 806. The number of nitrogens with one attached hydrogen (secondary N) is 2. The predicted molar refractivity (Wildman–Crippen MR) is 103 cm³/mol. The van der Waals surface area contributed by atoms with Gasteiger partial charge in [0.1, 0.15) is 5.82 Å². The molecule has 3 aliphatic heterocycles. The molecule has 4 rings (SSSR count). The van der Waals surface area contributed by atoms with Gasteiger partial charge in [0.15, 0.2) is 9.84 Å². The lowest BCUT2D eigenvalue weighted by atomic mass is 9.85. The lowest BCUT2D eigenvalue weighted by Crippen LogP contribution is -2.53. The Morgan fingerprint density at radius 1 is 1.37 bits per heavy atom. The van der Waals surface area contributed by atoms with Crippen LogP contribution >= 0.6 is 0 Å². The van der Waals surface area contributed by atoms with Crippen molar-refractivity contribution in [2.24, 2.45) is 5.92 Å². The summed E-state index contributed by atoms with van der Waals surface area (Å²) in [5, 5.41) is 11.0. The molecule has 0 radical (unpaired) electrons. The third-order valence-corrected chi connectivity index (χ3v) is 7.77. The first-order valence-electron chi connectivity index (χ1n) is 9.92. The summed E-state index contributed by atoms with van der Waals surface area (Å²) >= 11 is 0. The van der Waals surface area contributed by atoms with E-state index in [-0.39, 0.29) is 23.5 Å². The molecule has 27 heavy (non-hydrogen) atoms. The molecule has 3 saturated heterocycles. The number of hydrogen-bond donors (Lipinski definition) is 2. The van der Waals surface area contributed by atoms with Crippen molar-refractivity contribution in [2.45, 2.75) is 44.7 Å². The maximum absolute atomic E-state index is 12.6. The van der Waals surface area contributed by atoms with Gasteiger partial charge in [-0.2, -0.15) is 5.10 Å². The van der Waals surface area contributed by atoms with Crippen LogP contribution in [0.5, 0.6) is 0 Å². The zero-order chi connectivity index (χ0) is 19.0. The van der Waals surface area contributed by atoms with Gasteiger partial charge in [-0.1, -0.05) is 0 Å². The van der Waals surface area contributed by atoms with Crippen LogP contribution in [-0.4, -0.2) is 72.7 Å². The molecule has 3 unspecified atom stereocenters. The largest absolute Gasteiger partial charge is 0.314 e.